The molecule has 0 saturated carbocycles. The number of anilines is 4. The summed E-state index contributed by atoms with van der Waals surface area (Å²) in [4.78, 5) is 19.9. The van der Waals surface area contributed by atoms with E-state index in [-0.39, 0.29) is 11.4 Å². The fourth-order valence-corrected chi connectivity index (χ4v) is 2.87. The van der Waals surface area contributed by atoms with Crippen LogP contribution in [-0.4, -0.2) is 20.3 Å². The van der Waals surface area contributed by atoms with Crippen LogP contribution < -0.4 is 10.1 Å². The van der Waals surface area contributed by atoms with Crippen molar-refractivity contribution in [1.82, 2.24) is 0 Å². The van der Waals surface area contributed by atoms with Crippen molar-refractivity contribution in [3.8, 4) is 0 Å². The monoisotopic (exact) mass is 460 g/mol. The lowest BCUT2D eigenvalue weighted by Gasteiger charge is -2.16. The molecule has 0 radical (unpaired) electrons. The minimum Gasteiger partial charge on any atom is -0.284 e. The third-order valence-corrected chi connectivity index (χ3v) is 4.61. The molecule has 10 nitrogen and oxygen atoms in total. The largest absolute Gasteiger partial charge is 0.284 e. The summed E-state index contributed by atoms with van der Waals surface area (Å²) in [5.74, 6) is 0. The molecule has 0 amide bonds. The van der Waals surface area contributed by atoms with E-state index in [0.29, 0.717) is 11.4 Å². The molecule has 0 aliphatic carbocycles. The lowest BCUT2D eigenvalue weighted by atomic mass is 10.2. The molecule has 0 bridgehead atoms. The zero-order valence-corrected chi connectivity index (χ0v) is 17.7. The first-order valence-electron chi connectivity index (χ1n) is 9.94. The van der Waals surface area contributed by atoms with E-state index in [9.17, 15) is 30.6 Å². The van der Waals surface area contributed by atoms with Crippen LogP contribution in [0.3, 0.4) is 0 Å². The van der Waals surface area contributed by atoms with Crippen LogP contribution >= 0.6 is 0 Å². The lowest BCUT2D eigenvalue weighted by molar-refractivity contribution is -0.385. The van der Waals surface area contributed by atoms with Gasteiger partial charge in [-0.05, 0) is 48.5 Å². The Morgan fingerprint density at radius 2 is 0.735 bits per heavy atom. The standard InChI is InChI=1S/C12H9N3O5.C12H11NO/c16-13(9-1-5-11(6-2-9)14(17)18)10-3-7-12(8-4-10)15(19)20;14-13(11-7-3-1-4-8-11)12-9-5-2-6-10-12/h1-8,16H;1-10,14H. The predicted molar refractivity (Wildman–Crippen MR) is 127 cm³/mol. The molecule has 0 saturated heterocycles. The van der Waals surface area contributed by atoms with Crippen molar-refractivity contribution < 1.29 is 20.3 Å². The second kappa shape index (κ2) is 11.2. The molecule has 0 aliphatic rings. The molecule has 4 rings (SSSR count). The quantitative estimate of drug-likeness (QED) is 0.255. The molecule has 10 heteroatoms. The van der Waals surface area contributed by atoms with E-state index < -0.39 is 9.85 Å². The van der Waals surface area contributed by atoms with Crippen molar-refractivity contribution in [3.05, 3.63) is 129 Å². The number of non-ortho nitro benzene ring substituents is 2. The highest BCUT2D eigenvalue weighted by Gasteiger charge is 2.11. The molecule has 2 N–H and O–H groups in total. The van der Waals surface area contributed by atoms with E-state index in [1.165, 1.54) is 53.6 Å². The molecular formula is C24H20N4O6. The second-order valence-corrected chi connectivity index (χ2v) is 6.84. The van der Waals surface area contributed by atoms with Crippen molar-refractivity contribution in [2.75, 3.05) is 10.1 Å². The molecule has 0 heterocycles. The molecule has 0 fully saturated rings. The summed E-state index contributed by atoms with van der Waals surface area (Å²) in [6.45, 7) is 0. The van der Waals surface area contributed by atoms with E-state index in [0.717, 1.165) is 16.4 Å². The number of hydrogen-bond donors (Lipinski definition) is 2. The lowest BCUT2D eigenvalue weighted by Crippen LogP contribution is -2.10. The predicted octanol–water partition coefficient (Wildman–Crippen LogP) is 6.24. The van der Waals surface area contributed by atoms with Crippen molar-refractivity contribution in [2.24, 2.45) is 0 Å². The van der Waals surface area contributed by atoms with Crippen LogP contribution in [0.15, 0.2) is 109 Å². The third kappa shape index (κ3) is 6.13. The first kappa shape index (κ1) is 23.9. The summed E-state index contributed by atoms with van der Waals surface area (Å²) in [5, 5.41) is 42.8. The van der Waals surface area contributed by atoms with Crippen molar-refractivity contribution in [3.63, 3.8) is 0 Å². The number of nitro groups is 2. The van der Waals surface area contributed by atoms with Gasteiger partial charge in [0.1, 0.15) is 0 Å². The minimum absolute atomic E-state index is 0.0918. The number of rotatable bonds is 6. The summed E-state index contributed by atoms with van der Waals surface area (Å²) in [6, 6.07) is 29.3. The summed E-state index contributed by atoms with van der Waals surface area (Å²) < 4.78 is 0. The van der Waals surface area contributed by atoms with E-state index in [1.807, 2.05) is 60.7 Å². The maximum Gasteiger partial charge on any atom is 0.269 e. The Kier molecular flexibility index (Phi) is 7.84. The molecule has 4 aromatic carbocycles. The van der Waals surface area contributed by atoms with E-state index in [2.05, 4.69) is 0 Å². The molecule has 0 unspecified atom stereocenters. The minimum atomic E-state index is -0.544. The highest BCUT2D eigenvalue weighted by molar-refractivity contribution is 5.62. The van der Waals surface area contributed by atoms with Gasteiger partial charge in [0.05, 0.1) is 32.6 Å². The van der Waals surface area contributed by atoms with E-state index >= 15 is 0 Å². The highest BCUT2D eigenvalue weighted by Crippen LogP contribution is 2.27. The fraction of sp³-hybridized carbons (Fsp3) is 0. The first-order chi connectivity index (χ1) is 16.4. The van der Waals surface area contributed by atoms with Gasteiger partial charge in [-0.15, -0.1) is 0 Å². The van der Waals surface area contributed by atoms with Gasteiger partial charge in [-0.1, -0.05) is 36.4 Å². The van der Waals surface area contributed by atoms with Gasteiger partial charge in [0.2, 0.25) is 0 Å². The Morgan fingerprint density at radius 1 is 0.471 bits per heavy atom. The third-order valence-electron chi connectivity index (χ3n) is 4.61. The Labute approximate surface area is 194 Å². The number of para-hydroxylation sites is 2. The van der Waals surface area contributed by atoms with Gasteiger partial charge in [-0.2, -0.15) is 0 Å². The number of hydrogen-bond acceptors (Lipinski definition) is 8. The van der Waals surface area contributed by atoms with Gasteiger partial charge < -0.3 is 0 Å². The highest BCUT2D eigenvalue weighted by atomic mass is 16.6. The summed E-state index contributed by atoms with van der Waals surface area (Å²) in [5.41, 5.74) is 1.96. The number of nitro benzene ring substituents is 2. The Morgan fingerprint density at radius 3 is 1.00 bits per heavy atom. The Balaban J connectivity index is 0.000000202. The van der Waals surface area contributed by atoms with Crippen LogP contribution in [0.5, 0.6) is 0 Å². The maximum absolute atomic E-state index is 10.5. The molecule has 0 aliphatic heterocycles. The molecule has 0 atom stereocenters. The average molecular weight is 460 g/mol. The van der Waals surface area contributed by atoms with Crippen LogP contribution in [0, 0.1) is 20.2 Å². The average Bonchev–Trinajstić information content (AvgIpc) is 2.89. The normalized spacial score (nSPS) is 9.94. The molecule has 0 aromatic heterocycles. The van der Waals surface area contributed by atoms with Gasteiger partial charge in [0.25, 0.3) is 11.4 Å². The van der Waals surface area contributed by atoms with Crippen molar-refractivity contribution in [1.29, 1.82) is 0 Å². The number of nitrogens with zero attached hydrogens (tertiary/aromatic N) is 4. The van der Waals surface area contributed by atoms with E-state index in [1.54, 1.807) is 0 Å². The zero-order chi connectivity index (χ0) is 24.5. The maximum atomic E-state index is 10.5. The Hall–Kier alpha value is -4.80. The van der Waals surface area contributed by atoms with Crippen molar-refractivity contribution >= 4 is 34.1 Å². The SMILES string of the molecule is O=[N+]([O-])c1ccc(N(O)c2ccc([N+](=O)[O-])cc2)cc1.ON(c1ccccc1)c1ccccc1. The molecular weight excluding hydrogens is 440 g/mol. The number of benzene rings is 4. The van der Waals surface area contributed by atoms with Crippen molar-refractivity contribution in [2.45, 2.75) is 0 Å². The zero-order valence-electron chi connectivity index (χ0n) is 17.7. The summed E-state index contributed by atoms with van der Waals surface area (Å²) >= 11 is 0. The molecule has 4 aromatic rings. The molecule has 172 valence electrons. The van der Waals surface area contributed by atoms with E-state index in [4.69, 9.17) is 0 Å². The van der Waals surface area contributed by atoms with Gasteiger partial charge in [0, 0.05) is 24.3 Å². The van der Waals surface area contributed by atoms with Crippen LogP contribution in [0.4, 0.5) is 34.1 Å². The van der Waals surface area contributed by atoms with Crippen LogP contribution in [-0.2, 0) is 0 Å². The van der Waals surface area contributed by atoms with Crippen LogP contribution in [0.2, 0.25) is 0 Å². The topological polar surface area (TPSA) is 133 Å². The van der Waals surface area contributed by atoms with Gasteiger partial charge in [-0.25, -0.2) is 10.1 Å². The first-order valence-corrected chi connectivity index (χ1v) is 9.94. The van der Waals surface area contributed by atoms with Gasteiger partial charge >= 0.3 is 0 Å². The summed E-state index contributed by atoms with van der Waals surface area (Å²) in [6.07, 6.45) is 0. The van der Waals surface area contributed by atoms with Gasteiger partial charge in [-0.3, -0.25) is 30.6 Å². The summed E-state index contributed by atoms with van der Waals surface area (Å²) in [7, 11) is 0. The molecule has 0 spiro atoms. The Bertz CT molecular complexity index is 1120. The van der Waals surface area contributed by atoms with Crippen LogP contribution in [0.25, 0.3) is 0 Å². The molecule has 34 heavy (non-hydrogen) atoms. The second-order valence-electron chi connectivity index (χ2n) is 6.84. The smallest absolute Gasteiger partial charge is 0.269 e. The van der Waals surface area contributed by atoms with Gasteiger partial charge in [0.15, 0.2) is 0 Å². The van der Waals surface area contributed by atoms with Crippen LogP contribution in [0.1, 0.15) is 0 Å². The fourth-order valence-electron chi connectivity index (χ4n) is 2.87.